The molecule has 9 nitrogen and oxygen atoms in total. The van der Waals surface area contributed by atoms with Crippen LogP contribution in [0.4, 0.5) is 13.2 Å². The molecule has 0 aliphatic heterocycles. The summed E-state index contributed by atoms with van der Waals surface area (Å²) >= 11 is 0. The van der Waals surface area contributed by atoms with Crippen molar-refractivity contribution < 1.29 is 32.6 Å². The third-order valence-corrected chi connectivity index (χ3v) is 8.26. The number of halogens is 3. The van der Waals surface area contributed by atoms with Crippen LogP contribution in [0.3, 0.4) is 0 Å². The van der Waals surface area contributed by atoms with Gasteiger partial charge in [-0.3, -0.25) is 14.3 Å². The SMILES string of the molecule is COc1cc(F)cc(-c2ncc(Cn3ncc4cc(C(F)F)cc(C(=O)NC5CC6(CC(CC(=O)O)C6)C5)c43)cn2)c1. The molecule has 0 unspecified atom stereocenters. The molecule has 1 amide bonds. The Morgan fingerprint density at radius 3 is 2.50 bits per heavy atom. The van der Waals surface area contributed by atoms with E-state index in [1.165, 1.54) is 37.6 Å². The van der Waals surface area contributed by atoms with Crippen molar-refractivity contribution in [1.82, 2.24) is 25.1 Å². The minimum Gasteiger partial charge on any atom is -0.497 e. The van der Waals surface area contributed by atoms with E-state index in [1.54, 1.807) is 23.1 Å². The number of aromatic nitrogens is 4. The van der Waals surface area contributed by atoms with Gasteiger partial charge in [0.2, 0.25) is 0 Å². The van der Waals surface area contributed by atoms with Gasteiger partial charge in [-0.05, 0) is 61.3 Å². The van der Waals surface area contributed by atoms with Gasteiger partial charge in [0.25, 0.3) is 12.3 Å². The van der Waals surface area contributed by atoms with Crippen molar-refractivity contribution in [3.63, 3.8) is 0 Å². The Morgan fingerprint density at radius 1 is 1.10 bits per heavy atom. The number of nitrogens with zero attached hydrogens (tertiary/aromatic N) is 4. The molecule has 0 atom stereocenters. The van der Waals surface area contributed by atoms with Crippen molar-refractivity contribution in [3.8, 4) is 17.1 Å². The van der Waals surface area contributed by atoms with Gasteiger partial charge in [-0.15, -0.1) is 0 Å². The van der Waals surface area contributed by atoms with Gasteiger partial charge in [-0.1, -0.05) is 0 Å². The summed E-state index contributed by atoms with van der Waals surface area (Å²) in [4.78, 5) is 33.0. The zero-order valence-electron chi connectivity index (χ0n) is 22.7. The Bertz CT molecular complexity index is 1660. The second-order valence-electron chi connectivity index (χ2n) is 11.4. The average Bonchev–Trinajstić information content (AvgIpc) is 3.32. The molecule has 2 fully saturated rings. The monoisotopic (exact) mass is 579 g/mol. The molecule has 2 aromatic heterocycles. The molecule has 218 valence electrons. The number of benzene rings is 2. The smallest absolute Gasteiger partial charge is 0.303 e. The van der Waals surface area contributed by atoms with Crippen LogP contribution in [0, 0.1) is 17.2 Å². The normalized spacial score (nSPS) is 21.3. The molecule has 0 radical (unpaired) electrons. The first-order valence-corrected chi connectivity index (χ1v) is 13.6. The maximum absolute atomic E-state index is 13.9. The van der Waals surface area contributed by atoms with Crippen molar-refractivity contribution in [2.24, 2.45) is 11.3 Å². The van der Waals surface area contributed by atoms with Gasteiger partial charge in [-0.2, -0.15) is 5.10 Å². The Kier molecular flexibility index (Phi) is 7.07. The van der Waals surface area contributed by atoms with Crippen LogP contribution in [0.15, 0.2) is 48.9 Å². The third kappa shape index (κ3) is 5.40. The maximum atomic E-state index is 13.9. The molecule has 2 N–H and O–H groups in total. The highest BCUT2D eigenvalue weighted by Crippen LogP contribution is 2.59. The number of carbonyl (C=O) groups is 2. The topological polar surface area (TPSA) is 119 Å². The van der Waals surface area contributed by atoms with E-state index in [2.05, 4.69) is 20.4 Å². The van der Waals surface area contributed by atoms with Gasteiger partial charge in [0.15, 0.2) is 5.82 Å². The number of methoxy groups -OCH3 is 1. The fourth-order valence-corrected chi connectivity index (χ4v) is 6.48. The second kappa shape index (κ2) is 10.7. The predicted molar refractivity (Wildman–Crippen MR) is 146 cm³/mol. The van der Waals surface area contributed by atoms with Crippen molar-refractivity contribution in [1.29, 1.82) is 0 Å². The summed E-state index contributed by atoms with van der Waals surface area (Å²) in [6, 6.07) is 6.60. The molecule has 12 heteroatoms. The van der Waals surface area contributed by atoms with Crippen LogP contribution in [-0.2, 0) is 11.3 Å². The number of ether oxygens (including phenoxy) is 1. The fraction of sp³-hybridized carbons (Fsp3) is 0.367. The standard InChI is InChI=1S/C30H28F3N5O4/c1-42-23-5-19(4-21(31)7-23)28-34-12-17(13-35-28)15-38-26-20(14-36-38)3-18(27(32)33)6-24(26)29(41)37-22-10-30(11-22)8-16(9-30)2-25(39)40/h3-7,12-14,16,22,27H,2,8-11,15H2,1H3,(H,37,41)(H,39,40). The number of carboxylic acids is 1. The first-order chi connectivity index (χ1) is 20.1. The first kappa shape index (κ1) is 27.7. The van der Waals surface area contributed by atoms with Crippen LogP contribution >= 0.6 is 0 Å². The molecule has 2 aromatic carbocycles. The van der Waals surface area contributed by atoms with Gasteiger partial charge in [0.05, 0.1) is 30.9 Å². The van der Waals surface area contributed by atoms with Gasteiger partial charge >= 0.3 is 5.97 Å². The lowest BCUT2D eigenvalue weighted by Crippen LogP contribution is -2.56. The van der Waals surface area contributed by atoms with Crippen molar-refractivity contribution in [2.75, 3.05) is 7.11 Å². The highest BCUT2D eigenvalue weighted by Gasteiger charge is 2.53. The molecule has 2 aliphatic rings. The van der Waals surface area contributed by atoms with Crippen LogP contribution in [0.1, 0.15) is 60.0 Å². The van der Waals surface area contributed by atoms with Gasteiger partial charge in [-0.25, -0.2) is 23.1 Å². The molecular formula is C30H28F3N5O4. The van der Waals surface area contributed by atoms with Crippen LogP contribution in [0.5, 0.6) is 5.75 Å². The lowest BCUT2D eigenvalue weighted by atomic mass is 9.49. The van der Waals surface area contributed by atoms with Crippen molar-refractivity contribution >= 4 is 22.8 Å². The molecule has 0 bridgehead atoms. The minimum atomic E-state index is -2.76. The molecule has 42 heavy (non-hydrogen) atoms. The lowest BCUT2D eigenvalue weighted by molar-refractivity contribution is -0.142. The summed E-state index contributed by atoms with van der Waals surface area (Å²) in [5, 5.41) is 16.7. The van der Waals surface area contributed by atoms with E-state index in [9.17, 15) is 22.8 Å². The number of aliphatic carboxylic acids is 1. The average molecular weight is 580 g/mol. The van der Waals surface area contributed by atoms with E-state index in [0.717, 1.165) is 25.7 Å². The lowest BCUT2D eigenvalue weighted by Gasteiger charge is -2.57. The number of amides is 1. The Hall–Kier alpha value is -4.48. The minimum absolute atomic E-state index is 0.0722. The van der Waals surface area contributed by atoms with Crippen LogP contribution in [0.25, 0.3) is 22.3 Å². The van der Waals surface area contributed by atoms with E-state index >= 15 is 0 Å². The number of alkyl halides is 2. The van der Waals surface area contributed by atoms with Crippen LogP contribution in [0.2, 0.25) is 0 Å². The van der Waals surface area contributed by atoms with Gasteiger partial charge < -0.3 is 15.2 Å². The second-order valence-corrected chi connectivity index (χ2v) is 11.4. The Labute approximate surface area is 238 Å². The highest BCUT2D eigenvalue weighted by molar-refractivity contribution is 6.06. The van der Waals surface area contributed by atoms with Crippen molar-refractivity contribution in [3.05, 3.63) is 71.4 Å². The number of hydrogen-bond donors (Lipinski definition) is 2. The van der Waals surface area contributed by atoms with Gasteiger partial charge in [0, 0.05) is 53.0 Å². The molecule has 4 aromatic rings. The number of fused-ring (bicyclic) bond motifs is 1. The molecule has 6 rings (SSSR count). The summed E-state index contributed by atoms with van der Waals surface area (Å²) in [5.74, 6) is -0.943. The number of hydrogen-bond acceptors (Lipinski definition) is 6. The first-order valence-electron chi connectivity index (χ1n) is 13.6. The molecule has 1 spiro atoms. The largest absolute Gasteiger partial charge is 0.497 e. The fourth-order valence-electron chi connectivity index (χ4n) is 6.48. The number of nitrogens with one attached hydrogen (secondary N) is 1. The number of carboxylic acid groups (broad SMARTS) is 1. The summed E-state index contributed by atoms with van der Waals surface area (Å²) in [6.07, 6.45) is 5.11. The van der Waals surface area contributed by atoms with E-state index in [0.29, 0.717) is 33.6 Å². The molecule has 0 saturated heterocycles. The zero-order chi connectivity index (χ0) is 29.6. The van der Waals surface area contributed by atoms with Gasteiger partial charge in [0.1, 0.15) is 11.6 Å². The highest BCUT2D eigenvalue weighted by atomic mass is 19.3. The maximum Gasteiger partial charge on any atom is 0.303 e. The van der Waals surface area contributed by atoms with E-state index in [4.69, 9.17) is 9.84 Å². The number of rotatable bonds is 9. The molecular weight excluding hydrogens is 551 g/mol. The molecule has 2 saturated carbocycles. The number of carbonyl (C=O) groups excluding carboxylic acids is 1. The summed E-state index contributed by atoms with van der Waals surface area (Å²) in [7, 11) is 1.44. The Morgan fingerprint density at radius 2 is 1.83 bits per heavy atom. The summed E-state index contributed by atoms with van der Waals surface area (Å²) < 4.78 is 48.0. The molecule has 2 aliphatic carbocycles. The quantitative estimate of drug-likeness (QED) is 0.273. The predicted octanol–water partition coefficient (Wildman–Crippen LogP) is 5.39. The summed E-state index contributed by atoms with van der Waals surface area (Å²) in [6.45, 7) is 0.169. The van der Waals surface area contributed by atoms with E-state index in [1.807, 2.05) is 0 Å². The van der Waals surface area contributed by atoms with E-state index in [-0.39, 0.29) is 41.5 Å². The Balaban J connectivity index is 1.21. The van der Waals surface area contributed by atoms with Crippen molar-refractivity contribution in [2.45, 2.75) is 51.1 Å². The molecule has 2 heterocycles. The summed E-state index contributed by atoms with van der Waals surface area (Å²) in [5.41, 5.74) is 1.39. The zero-order valence-corrected chi connectivity index (χ0v) is 22.7. The third-order valence-electron chi connectivity index (χ3n) is 8.26. The van der Waals surface area contributed by atoms with Crippen LogP contribution in [-0.4, -0.2) is 49.9 Å². The van der Waals surface area contributed by atoms with E-state index < -0.39 is 24.1 Å². The van der Waals surface area contributed by atoms with Crippen LogP contribution < -0.4 is 10.1 Å².